The molecule has 0 unspecified atom stereocenters. The Morgan fingerprint density at radius 1 is 1.23 bits per heavy atom. The number of sulfonamides is 1. The molecule has 1 aliphatic heterocycles. The van der Waals surface area contributed by atoms with E-state index < -0.39 is 10.0 Å². The van der Waals surface area contributed by atoms with Gasteiger partial charge in [0.25, 0.3) is 0 Å². The van der Waals surface area contributed by atoms with Gasteiger partial charge in [0.2, 0.25) is 10.0 Å². The Morgan fingerprint density at radius 2 is 1.91 bits per heavy atom. The number of hydrogen-bond donors (Lipinski definition) is 1. The smallest absolute Gasteiger partial charge is 0.209 e. The largest absolute Gasteiger partial charge is 0.354 e. The van der Waals surface area contributed by atoms with Gasteiger partial charge in [-0.05, 0) is 33.1 Å². The van der Waals surface area contributed by atoms with Crippen LogP contribution >= 0.6 is 0 Å². The minimum absolute atomic E-state index is 0.0510. The van der Waals surface area contributed by atoms with Crippen LogP contribution in [-0.2, 0) is 10.0 Å². The van der Waals surface area contributed by atoms with Crippen molar-refractivity contribution in [1.29, 1.82) is 0 Å². The van der Waals surface area contributed by atoms with Crippen molar-refractivity contribution < 1.29 is 8.42 Å². The second-order valence-electron chi connectivity index (χ2n) is 6.26. The highest BCUT2D eigenvalue weighted by molar-refractivity contribution is 7.88. The van der Waals surface area contributed by atoms with Crippen molar-refractivity contribution in [1.82, 2.24) is 14.7 Å². The van der Waals surface area contributed by atoms with E-state index in [9.17, 15) is 8.42 Å². The average Bonchev–Trinajstić information content (AvgIpc) is 2.75. The van der Waals surface area contributed by atoms with Crippen LogP contribution in [0.3, 0.4) is 0 Å². The summed E-state index contributed by atoms with van der Waals surface area (Å²) >= 11 is 0. The van der Waals surface area contributed by atoms with Crippen LogP contribution in [0.15, 0.2) is 0 Å². The van der Waals surface area contributed by atoms with E-state index in [1.807, 2.05) is 20.8 Å². The van der Waals surface area contributed by atoms with E-state index in [0.29, 0.717) is 12.5 Å². The lowest BCUT2D eigenvalue weighted by molar-refractivity contribution is 0.442. The Morgan fingerprint density at radius 3 is 2.50 bits per heavy atom. The average molecular weight is 326 g/mol. The number of rotatable bonds is 5. The maximum atomic E-state index is 11.6. The standard InChI is InChI=1S/C15H26N4O2S/c1-6-7-13-8-19(9-14(13)18-22(5,20)21)15-10(2)11(3)16-12(4)17-15/h13-14,18H,6-9H2,1-5H3/t13-,14-/m1/s1. The van der Waals surface area contributed by atoms with E-state index in [4.69, 9.17) is 0 Å². The number of aryl methyl sites for hydroxylation is 2. The highest BCUT2D eigenvalue weighted by atomic mass is 32.2. The molecule has 0 amide bonds. The molecule has 2 atom stereocenters. The van der Waals surface area contributed by atoms with Crippen molar-refractivity contribution >= 4 is 15.8 Å². The van der Waals surface area contributed by atoms with Gasteiger partial charge in [-0.3, -0.25) is 0 Å². The zero-order valence-corrected chi connectivity index (χ0v) is 14.9. The summed E-state index contributed by atoms with van der Waals surface area (Å²) in [7, 11) is -3.20. The Bertz CT molecular complexity index is 645. The molecule has 0 saturated carbocycles. The molecule has 0 aromatic carbocycles. The lowest BCUT2D eigenvalue weighted by atomic mass is 9.99. The first-order valence-corrected chi connectivity index (χ1v) is 9.64. The monoisotopic (exact) mass is 326 g/mol. The van der Waals surface area contributed by atoms with Gasteiger partial charge in [-0.1, -0.05) is 13.3 Å². The highest BCUT2D eigenvalue weighted by Gasteiger charge is 2.35. The molecule has 0 bridgehead atoms. The predicted molar refractivity (Wildman–Crippen MR) is 88.6 cm³/mol. The maximum Gasteiger partial charge on any atom is 0.209 e. The Balaban J connectivity index is 2.27. The van der Waals surface area contributed by atoms with Gasteiger partial charge in [0.15, 0.2) is 0 Å². The summed E-state index contributed by atoms with van der Waals surface area (Å²) in [5.41, 5.74) is 2.05. The Hall–Kier alpha value is -1.21. The SMILES string of the molecule is CCC[C@@H]1CN(c2nc(C)nc(C)c2C)C[C@H]1NS(C)(=O)=O. The minimum Gasteiger partial charge on any atom is -0.354 e. The molecular weight excluding hydrogens is 300 g/mol. The van der Waals surface area contributed by atoms with Crippen LogP contribution in [0.1, 0.15) is 36.8 Å². The van der Waals surface area contributed by atoms with E-state index in [1.165, 1.54) is 6.26 Å². The van der Waals surface area contributed by atoms with E-state index in [-0.39, 0.29) is 6.04 Å². The van der Waals surface area contributed by atoms with Crippen molar-refractivity contribution in [3.63, 3.8) is 0 Å². The summed E-state index contributed by atoms with van der Waals surface area (Å²) in [4.78, 5) is 11.2. The maximum absolute atomic E-state index is 11.6. The topological polar surface area (TPSA) is 75.2 Å². The van der Waals surface area contributed by atoms with Crippen molar-refractivity contribution in [3.8, 4) is 0 Å². The zero-order valence-electron chi connectivity index (χ0n) is 14.0. The lowest BCUT2D eigenvalue weighted by Crippen LogP contribution is -2.40. The van der Waals surface area contributed by atoms with Crippen LogP contribution in [-0.4, -0.2) is 43.8 Å². The van der Waals surface area contributed by atoms with Gasteiger partial charge in [-0.25, -0.2) is 23.1 Å². The fourth-order valence-electron chi connectivity index (χ4n) is 3.17. The lowest BCUT2D eigenvalue weighted by Gasteiger charge is -2.21. The molecule has 1 aromatic rings. The van der Waals surface area contributed by atoms with Crippen LogP contribution in [0.5, 0.6) is 0 Å². The van der Waals surface area contributed by atoms with E-state index >= 15 is 0 Å². The molecule has 22 heavy (non-hydrogen) atoms. The molecule has 7 heteroatoms. The molecule has 124 valence electrons. The molecule has 0 spiro atoms. The second kappa shape index (κ2) is 6.50. The predicted octanol–water partition coefficient (Wildman–Crippen LogP) is 1.56. The summed E-state index contributed by atoms with van der Waals surface area (Å²) in [5, 5.41) is 0. The van der Waals surface area contributed by atoms with Gasteiger partial charge in [0, 0.05) is 30.4 Å². The first-order chi connectivity index (χ1) is 10.2. The number of hydrogen-bond acceptors (Lipinski definition) is 5. The molecule has 1 fully saturated rings. The highest BCUT2D eigenvalue weighted by Crippen LogP contribution is 2.29. The van der Waals surface area contributed by atoms with Crippen molar-refractivity contribution in [2.24, 2.45) is 5.92 Å². The third kappa shape index (κ3) is 3.95. The van der Waals surface area contributed by atoms with Crippen LogP contribution in [0.2, 0.25) is 0 Å². The minimum atomic E-state index is -3.20. The van der Waals surface area contributed by atoms with Crippen LogP contribution in [0.25, 0.3) is 0 Å². The van der Waals surface area contributed by atoms with Gasteiger partial charge in [-0.2, -0.15) is 0 Å². The molecule has 0 radical (unpaired) electrons. The van der Waals surface area contributed by atoms with Crippen molar-refractivity contribution in [2.75, 3.05) is 24.2 Å². The van der Waals surface area contributed by atoms with Gasteiger partial charge in [0.1, 0.15) is 11.6 Å². The molecule has 0 aliphatic carbocycles. The molecule has 1 N–H and O–H groups in total. The van der Waals surface area contributed by atoms with Crippen molar-refractivity contribution in [2.45, 2.75) is 46.6 Å². The van der Waals surface area contributed by atoms with Crippen LogP contribution in [0, 0.1) is 26.7 Å². The molecule has 1 aliphatic rings. The number of anilines is 1. The molecule has 1 aromatic heterocycles. The Kier molecular flexibility index (Phi) is 5.07. The number of nitrogens with one attached hydrogen (secondary N) is 1. The molecule has 2 heterocycles. The molecule has 1 saturated heterocycles. The third-order valence-corrected chi connectivity index (χ3v) is 4.97. The van der Waals surface area contributed by atoms with E-state index in [0.717, 1.165) is 42.3 Å². The van der Waals surface area contributed by atoms with Gasteiger partial charge in [0.05, 0.1) is 6.26 Å². The van der Waals surface area contributed by atoms with E-state index in [2.05, 4.69) is 26.5 Å². The van der Waals surface area contributed by atoms with Crippen LogP contribution < -0.4 is 9.62 Å². The molecule has 2 rings (SSSR count). The fourth-order valence-corrected chi connectivity index (χ4v) is 3.99. The van der Waals surface area contributed by atoms with Gasteiger partial charge in [-0.15, -0.1) is 0 Å². The van der Waals surface area contributed by atoms with Crippen LogP contribution in [0.4, 0.5) is 5.82 Å². The summed E-state index contributed by atoms with van der Waals surface area (Å²) in [6, 6.07) is -0.0510. The second-order valence-corrected chi connectivity index (χ2v) is 8.04. The first kappa shape index (κ1) is 17.1. The zero-order chi connectivity index (χ0) is 16.5. The number of nitrogens with zero attached hydrogens (tertiary/aromatic N) is 3. The van der Waals surface area contributed by atoms with Gasteiger partial charge >= 0.3 is 0 Å². The quantitative estimate of drug-likeness (QED) is 0.888. The summed E-state index contributed by atoms with van der Waals surface area (Å²) in [6.45, 7) is 9.52. The Labute approximate surface area is 133 Å². The summed E-state index contributed by atoms with van der Waals surface area (Å²) in [5.74, 6) is 2.00. The van der Waals surface area contributed by atoms with Gasteiger partial charge < -0.3 is 4.90 Å². The first-order valence-electron chi connectivity index (χ1n) is 7.75. The third-order valence-electron chi connectivity index (χ3n) is 4.24. The normalized spacial score (nSPS) is 22.3. The molecule has 6 nitrogen and oxygen atoms in total. The van der Waals surface area contributed by atoms with Crippen molar-refractivity contribution in [3.05, 3.63) is 17.1 Å². The van der Waals surface area contributed by atoms with E-state index in [1.54, 1.807) is 0 Å². The molecular formula is C15H26N4O2S. The summed E-state index contributed by atoms with van der Waals surface area (Å²) < 4.78 is 26.0. The fraction of sp³-hybridized carbons (Fsp3) is 0.733. The summed E-state index contributed by atoms with van der Waals surface area (Å²) in [6.07, 6.45) is 3.27. The number of aromatic nitrogens is 2.